The Morgan fingerprint density at radius 1 is 1.17 bits per heavy atom. The van der Waals surface area contributed by atoms with Gasteiger partial charge in [0.1, 0.15) is 11.5 Å². The molecule has 1 heterocycles. The molecule has 0 fully saturated rings. The fourth-order valence-electron chi connectivity index (χ4n) is 3.23. The van der Waals surface area contributed by atoms with Crippen LogP contribution in [0, 0.1) is 0 Å². The number of amides is 1. The average Bonchev–Trinajstić information content (AvgIpc) is 3.13. The number of ether oxygens (including phenoxy) is 3. The quantitative estimate of drug-likeness (QED) is 0.496. The van der Waals surface area contributed by atoms with Gasteiger partial charge in [0.15, 0.2) is 5.16 Å². The fraction of sp³-hybridized carbons (Fsp3) is 0.364. The van der Waals surface area contributed by atoms with Gasteiger partial charge in [0.25, 0.3) is 0 Å². The van der Waals surface area contributed by atoms with Crippen molar-refractivity contribution in [3.63, 3.8) is 0 Å². The van der Waals surface area contributed by atoms with Crippen molar-refractivity contribution < 1.29 is 19.0 Å². The van der Waals surface area contributed by atoms with Crippen LogP contribution in [0.4, 0.5) is 0 Å². The van der Waals surface area contributed by atoms with E-state index in [-0.39, 0.29) is 17.7 Å². The molecule has 1 atom stereocenters. The van der Waals surface area contributed by atoms with Gasteiger partial charge >= 0.3 is 0 Å². The number of carbonyl (C=O) groups excluding carboxylic acids is 1. The van der Waals surface area contributed by atoms with Gasteiger partial charge < -0.3 is 24.1 Å². The van der Waals surface area contributed by atoms with Crippen molar-refractivity contribution in [2.45, 2.75) is 24.7 Å². The fourth-order valence-corrected chi connectivity index (χ4v) is 4.08. The minimum atomic E-state index is -0.226. The Bertz CT molecular complexity index is 1010. The van der Waals surface area contributed by atoms with Crippen LogP contribution in [0.25, 0.3) is 11.0 Å². The highest BCUT2D eigenvalue weighted by atomic mass is 32.2. The third-order valence-corrected chi connectivity index (χ3v) is 5.73. The molecule has 1 unspecified atom stereocenters. The third-order valence-electron chi connectivity index (χ3n) is 4.75. The lowest BCUT2D eigenvalue weighted by molar-refractivity contribution is -0.119. The van der Waals surface area contributed by atoms with Gasteiger partial charge in [0.05, 0.1) is 43.7 Å². The normalized spacial score (nSPS) is 12.0. The molecule has 8 heteroatoms. The predicted octanol–water partition coefficient (Wildman–Crippen LogP) is 3.67. The first-order valence-electron chi connectivity index (χ1n) is 9.65. The van der Waals surface area contributed by atoms with E-state index in [1.54, 1.807) is 21.3 Å². The van der Waals surface area contributed by atoms with E-state index >= 15 is 0 Å². The Morgan fingerprint density at radius 2 is 1.97 bits per heavy atom. The number of rotatable bonds is 10. The molecular formula is C22H27N3O4S. The summed E-state index contributed by atoms with van der Waals surface area (Å²) in [5.74, 6) is 1.60. The molecule has 1 N–H and O–H groups in total. The van der Waals surface area contributed by atoms with Gasteiger partial charge in [-0.05, 0) is 37.3 Å². The third kappa shape index (κ3) is 5.06. The lowest BCUT2D eigenvalue weighted by Gasteiger charge is -2.18. The number of imidazole rings is 1. The van der Waals surface area contributed by atoms with Gasteiger partial charge in [-0.1, -0.05) is 23.9 Å². The van der Waals surface area contributed by atoms with Crippen molar-refractivity contribution in [3.05, 3.63) is 48.0 Å². The molecule has 0 aliphatic carbocycles. The van der Waals surface area contributed by atoms with Crippen molar-refractivity contribution >= 4 is 28.7 Å². The van der Waals surface area contributed by atoms with Gasteiger partial charge in [-0.25, -0.2) is 4.98 Å². The number of aromatic nitrogens is 2. The maximum atomic E-state index is 12.6. The number of nitrogens with one attached hydrogen (secondary N) is 1. The van der Waals surface area contributed by atoms with Crippen LogP contribution in [-0.4, -0.2) is 49.1 Å². The topological polar surface area (TPSA) is 74.6 Å². The number of fused-ring (bicyclic) bond motifs is 1. The first-order valence-corrected chi connectivity index (χ1v) is 10.6. The van der Waals surface area contributed by atoms with E-state index in [2.05, 4.69) is 14.9 Å². The molecule has 0 spiro atoms. The molecule has 7 nitrogen and oxygen atoms in total. The van der Waals surface area contributed by atoms with Gasteiger partial charge in [-0.3, -0.25) is 4.79 Å². The summed E-state index contributed by atoms with van der Waals surface area (Å²) < 4.78 is 18.0. The van der Waals surface area contributed by atoms with E-state index in [0.717, 1.165) is 21.8 Å². The number of benzene rings is 2. The zero-order valence-corrected chi connectivity index (χ0v) is 18.5. The summed E-state index contributed by atoms with van der Waals surface area (Å²) in [6.07, 6.45) is 0. The van der Waals surface area contributed by atoms with Gasteiger partial charge in [0.2, 0.25) is 5.91 Å². The maximum Gasteiger partial charge on any atom is 0.230 e. The number of para-hydroxylation sites is 2. The average molecular weight is 430 g/mol. The van der Waals surface area contributed by atoms with Crippen LogP contribution in [0.2, 0.25) is 0 Å². The highest BCUT2D eigenvalue weighted by molar-refractivity contribution is 7.99. The van der Waals surface area contributed by atoms with Gasteiger partial charge in [0, 0.05) is 19.2 Å². The molecule has 1 aromatic heterocycles. The minimum absolute atomic E-state index is 0.0808. The van der Waals surface area contributed by atoms with Crippen LogP contribution < -0.4 is 14.8 Å². The van der Waals surface area contributed by atoms with Crippen LogP contribution in [0.15, 0.2) is 47.6 Å². The smallest absolute Gasteiger partial charge is 0.230 e. The molecule has 0 saturated heterocycles. The lowest BCUT2D eigenvalue weighted by atomic mass is 10.1. The molecular weight excluding hydrogens is 402 g/mol. The molecule has 2 aromatic carbocycles. The molecule has 0 saturated carbocycles. The Morgan fingerprint density at radius 3 is 2.70 bits per heavy atom. The molecule has 0 radical (unpaired) electrons. The molecule has 3 aromatic rings. The summed E-state index contributed by atoms with van der Waals surface area (Å²) in [4.78, 5) is 17.3. The maximum absolute atomic E-state index is 12.6. The Hall–Kier alpha value is -2.71. The lowest BCUT2D eigenvalue weighted by Crippen LogP contribution is -2.28. The summed E-state index contributed by atoms with van der Waals surface area (Å²) >= 11 is 1.41. The number of nitrogens with zero attached hydrogens (tertiary/aromatic N) is 2. The number of methoxy groups -OCH3 is 3. The first-order chi connectivity index (χ1) is 14.6. The summed E-state index contributed by atoms with van der Waals surface area (Å²) in [5.41, 5.74) is 2.81. The van der Waals surface area contributed by atoms with Crippen LogP contribution in [0.1, 0.15) is 18.5 Å². The number of carbonyl (C=O) groups is 1. The molecule has 0 aliphatic heterocycles. The summed E-state index contributed by atoms with van der Waals surface area (Å²) in [6.45, 7) is 3.18. The Balaban J connectivity index is 1.69. The van der Waals surface area contributed by atoms with Crippen LogP contribution in [0.3, 0.4) is 0 Å². The van der Waals surface area contributed by atoms with E-state index < -0.39 is 0 Å². The molecule has 0 aliphatic rings. The number of hydrogen-bond donors (Lipinski definition) is 1. The Labute approximate surface area is 180 Å². The second-order valence-electron chi connectivity index (χ2n) is 6.71. The summed E-state index contributed by atoms with van der Waals surface area (Å²) in [6, 6.07) is 13.3. The highest BCUT2D eigenvalue weighted by Crippen LogP contribution is 2.29. The molecule has 3 rings (SSSR count). The van der Waals surface area contributed by atoms with Crippen LogP contribution >= 0.6 is 11.8 Å². The van der Waals surface area contributed by atoms with Crippen molar-refractivity contribution in [3.8, 4) is 11.5 Å². The van der Waals surface area contributed by atoms with E-state index in [1.165, 1.54) is 11.8 Å². The van der Waals surface area contributed by atoms with Gasteiger partial charge in [-0.15, -0.1) is 0 Å². The van der Waals surface area contributed by atoms with Crippen LogP contribution in [-0.2, 0) is 16.1 Å². The molecule has 160 valence electrons. The van der Waals surface area contributed by atoms with Gasteiger partial charge in [-0.2, -0.15) is 0 Å². The van der Waals surface area contributed by atoms with E-state index in [0.29, 0.717) is 24.7 Å². The van der Waals surface area contributed by atoms with Crippen LogP contribution in [0.5, 0.6) is 11.5 Å². The second-order valence-corrected chi connectivity index (χ2v) is 7.66. The van der Waals surface area contributed by atoms with E-state index in [4.69, 9.17) is 14.2 Å². The van der Waals surface area contributed by atoms with E-state index in [9.17, 15) is 4.79 Å². The Kier molecular flexibility index (Phi) is 7.59. The van der Waals surface area contributed by atoms with E-state index in [1.807, 2.05) is 49.4 Å². The zero-order chi connectivity index (χ0) is 21.5. The molecule has 1 amide bonds. The standard InChI is InChI=1S/C22H27N3O4S/c1-15(17-13-16(28-3)9-10-20(17)29-4)23-21(26)14-30-22-24-18-7-5-6-8-19(18)25(22)11-12-27-2/h5-10,13,15H,11-12,14H2,1-4H3,(H,23,26). The minimum Gasteiger partial charge on any atom is -0.497 e. The van der Waals surface area contributed by atoms with Crippen molar-refractivity contribution in [1.29, 1.82) is 0 Å². The predicted molar refractivity (Wildman–Crippen MR) is 118 cm³/mol. The highest BCUT2D eigenvalue weighted by Gasteiger charge is 2.17. The van der Waals surface area contributed by atoms with Crippen molar-refractivity contribution in [1.82, 2.24) is 14.9 Å². The summed E-state index contributed by atoms with van der Waals surface area (Å²) in [7, 11) is 4.90. The monoisotopic (exact) mass is 429 g/mol. The molecule has 0 bridgehead atoms. The molecule has 30 heavy (non-hydrogen) atoms. The second kappa shape index (κ2) is 10.4. The first kappa shape index (κ1) is 22.0. The number of thioether (sulfide) groups is 1. The SMILES string of the molecule is COCCn1c(SCC(=O)NC(C)c2cc(OC)ccc2OC)nc2ccccc21. The number of hydrogen-bond acceptors (Lipinski definition) is 6. The van der Waals surface area contributed by atoms with Crippen molar-refractivity contribution in [2.75, 3.05) is 33.7 Å². The largest absolute Gasteiger partial charge is 0.497 e. The summed E-state index contributed by atoms with van der Waals surface area (Å²) in [5, 5.41) is 3.83. The van der Waals surface area contributed by atoms with Crippen molar-refractivity contribution in [2.24, 2.45) is 0 Å². The zero-order valence-electron chi connectivity index (χ0n) is 17.7.